The van der Waals surface area contributed by atoms with Crippen LogP contribution in [0.4, 0.5) is 5.69 Å². The number of nitrogens with zero attached hydrogens (tertiary/aromatic N) is 1. The Morgan fingerprint density at radius 3 is 1.92 bits per heavy atom. The van der Waals surface area contributed by atoms with Gasteiger partial charge in [-0.1, -0.05) is 15.9 Å². The lowest BCUT2D eigenvalue weighted by Crippen LogP contribution is -2.44. The molecule has 2 heteroatoms. The fourth-order valence-electron chi connectivity index (χ4n) is 1.39. The Kier molecular flexibility index (Phi) is 3.51. The molecule has 72 valence electrons. The van der Waals surface area contributed by atoms with Crippen molar-refractivity contribution >= 4 is 21.6 Å². The van der Waals surface area contributed by atoms with E-state index in [1.165, 1.54) is 5.69 Å². The second-order valence-corrected chi connectivity index (χ2v) is 4.42. The molecule has 0 fully saturated rings. The molecule has 0 saturated carbocycles. The van der Waals surface area contributed by atoms with Gasteiger partial charge in [-0.2, -0.15) is 0 Å². The molecule has 0 N–H and O–H groups in total. The standard InChI is InChI=1S/C11H17BrN/c1-4-13(3,5-2)11-8-6-10(12)7-9-11/h6-9H,4-5H2,1-3H3/q+1. The van der Waals surface area contributed by atoms with Crippen LogP contribution in [0.1, 0.15) is 13.8 Å². The Morgan fingerprint density at radius 2 is 1.54 bits per heavy atom. The zero-order chi connectivity index (χ0) is 9.90. The highest BCUT2D eigenvalue weighted by atomic mass is 79.9. The second kappa shape index (κ2) is 4.25. The SMILES string of the molecule is CC[N+](C)(CC)c1ccc(Br)cc1. The monoisotopic (exact) mass is 242 g/mol. The van der Waals surface area contributed by atoms with Gasteiger partial charge in [-0.25, -0.2) is 0 Å². The summed E-state index contributed by atoms with van der Waals surface area (Å²) in [6, 6.07) is 8.60. The van der Waals surface area contributed by atoms with Crippen LogP contribution in [-0.2, 0) is 0 Å². The van der Waals surface area contributed by atoms with Crippen LogP contribution in [0, 0.1) is 0 Å². The topological polar surface area (TPSA) is 0 Å². The summed E-state index contributed by atoms with van der Waals surface area (Å²) in [6.07, 6.45) is 0. The molecule has 0 heterocycles. The molecule has 1 nitrogen and oxygen atoms in total. The van der Waals surface area contributed by atoms with Crippen LogP contribution in [0.25, 0.3) is 0 Å². The minimum absolute atomic E-state index is 1.01. The Labute approximate surface area is 89.1 Å². The van der Waals surface area contributed by atoms with E-state index in [1.807, 2.05) is 0 Å². The predicted octanol–water partition coefficient (Wildman–Crippen LogP) is 3.43. The minimum atomic E-state index is 1.01. The van der Waals surface area contributed by atoms with Gasteiger partial charge in [0, 0.05) is 16.6 Å². The summed E-state index contributed by atoms with van der Waals surface area (Å²) in [4.78, 5) is 0. The molecule has 1 aromatic carbocycles. The van der Waals surface area contributed by atoms with E-state index in [0.717, 1.165) is 22.0 Å². The van der Waals surface area contributed by atoms with E-state index in [9.17, 15) is 0 Å². The van der Waals surface area contributed by atoms with Gasteiger partial charge in [0.2, 0.25) is 0 Å². The highest BCUT2D eigenvalue weighted by Gasteiger charge is 2.19. The molecule has 0 atom stereocenters. The molecule has 0 aliphatic carbocycles. The summed E-state index contributed by atoms with van der Waals surface area (Å²) in [7, 11) is 2.27. The van der Waals surface area contributed by atoms with E-state index in [-0.39, 0.29) is 0 Å². The zero-order valence-electron chi connectivity index (χ0n) is 8.55. The Bertz CT molecular complexity index is 262. The molecule has 1 rings (SSSR count). The number of rotatable bonds is 3. The Morgan fingerprint density at radius 1 is 1.08 bits per heavy atom. The van der Waals surface area contributed by atoms with Crippen molar-refractivity contribution in [2.45, 2.75) is 13.8 Å². The largest absolute Gasteiger partial charge is 0.294 e. The average molecular weight is 243 g/mol. The molecule has 0 amide bonds. The van der Waals surface area contributed by atoms with Gasteiger partial charge in [0.05, 0.1) is 20.1 Å². The average Bonchev–Trinajstić information content (AvgIpc) is 2.18. The summed E-state index contributed by atoms with van der Waals surface area (Å²) in [5.74, 6) is 0. The fraction of sp³-hybridized carbons (Fsp3) is 0.455. The summed E-state index contributed by atoms with van der Waals surface area (Å²) in [5, 5.41) is 0. The fourth-order valence-corrected chi connectivity index (χ4v) is 1.65. The Balaban J connectivity index is 2.99. The van der Waals surface area contributed by atoms with Crippen molar-refractivity contribution in [2.75, 3.05) is 20.1 Å². The van der Waals surface area contributed by atoms with Gasteiger partial charge >= 0.3 is 0 Å². The summed E-state index contributed by atoms with van der Waals surface area (Å²) >= 11 is 3.45. The normalized spacial score (nSPS) is 11.7. The van der Waals surface area contributed by atoms with E-state index < -0.39 is 0 Å². The number of hydrogen-bond donors (Lipinski definition) is 0. The minimum Gasteiger partial charge on any atom is -0.294 e. The maximum absolute atomic E-state index is 3.45. The molecule has 0 aliphatic heterocycles. The summed E-state index contributed by atoms with van der Waals surface area (Å²) < 4.78 is 2.16. The first-order valence-corrected chi connectivity index (χ1v) is 5.52. The van der Waals surface area contributed by atoms with Gasteiger partial charge in [0.1, 0.15) is 5.69 Å². The van der Waals surface area contributed by atoms with Crippen molar-refractivity contribution in [3.05, 3.63) is 28.7 Å². The molecular weight excluding hydrogens is 226 g/mol. The lowest BCUT2D eigenvalue weighted by molar-refractivity contribution is 0.365. The number of halogens is 1. The lowest BCUT2D eigenvalue weighted by Gasteiger charge is -2.31. The smallest absolute Gasteiger partial charge is 0.132 e. The van der Waals surface area contributed by atoms with Gasteiger partial charge in [-0.3, -0.25) is 4.48 Å². The zero-order valence-corrected chi connectivity index (χ0v) is 10.1. The van der Waals surface area contributed by atoms with Crippen LogP contribution >= 0.6 is 15.9 Å². The van der Waals surface area contributed by atoms with Gasteiger partial charge in [0.25, 0.3) is 0 Å². The third-order valence-electron chi connectivity index (χ3n) is 2.85. The maximum Gasteiger partial charge on any atom is 0.132 e. The van der Waals surface area contributed by atoms with Crippen molar-refractivity contribution in [1.29, 1.82) is 0 Å². The highest BCUT2D eigenvalue weighted by molar-refractivity contribution is 9.10. The third-order valence-corrected chi connectivity index (χ3v) is 3.37. The molecule has 0 aliphatic rings. The van der Waals surface area contributed by atoms with Gasteiger partial charge in [0.15, 0.2) is 0 Å². The number of hydrogen-bond acceptors (Lipinski definition) is 0. The number of quaternary nitrogens is 1. The summed E-state index contributed by atoms with van der Waals surface area (Å²) in [6.45, 7) is 6.73. The second-order valence-electron chi connectivity index (χ2n) is 3.50. The van der Waals surface area contributed by atoms with Crippen molar-refractivity contribution in [3.63, 3.8) is 0 Å². The predicted molar refractivity (Wildman–Crippen MR) is 62.9 cm³/mol. The quantitative estimate of drug-likeness (QED) is 0.713. The Hall–Kier alpha value is -0.340. The van der Waals surface area contributed by atoms with E-state index in [0.29, 0.717) is 0 Å². The van der Waals surface area contributed by atoms with Crippen LogP contribution in [0.5, 0.6) is 0 Å². The van der Waals surface area contributed by atoms with Crippen molar-refractivity contribution < 1.29 is 0 Å². The van der Waals surface area contributed by atoms with Gasteiger partial charge < -0.3 is 0 Å². The molecule has 0 bridgehead atoms. The first-order valence-electron chi connectivity index (χ1n) is 4.73. The van der Waals surface area contributed by atoms with Crippen LogP contribution in [0.3, 0.4) is 0 Å². The van der Waals surface area contributed by atoms with Crippen LogP contribution in [-0.4, -0.2) is 20.1 Å². The van der Waals surface area contributed by atoms with Gasteiger partial charge in [-0.15, -0.1) is 0 Å². The molecule has 0 aromatic heterocycles. The molecule has 1 aromatic rings. The van der Waals surface area contributed by atoms with Crippen molar-refractivity contribution in [2.24, 2.45) is 0 Å². The van der Waals surface area contributed by atoms with Gasteiger partial charge in [-0.05, 0) is 26.0 Å². The first-order chi connectivity index (χ1) is 6.12. The molecular formula is C11H17BrN+. The van der Waals surface area contributed by atoms with Crippen LogP contribution < -0.4 is 4.48 Å². The first kappa shape index (κ1) is 10.7. The molecule has 0 saturated heterocycles. The van der Waals surface area contributed by atoms with Crippen molar-refractivity contribution in [1.82, 2.24) is 4.48 Å². The van der Waals surface area contributed by atoms with E-state index in [2.05, 4.69) is 61.1 Å². The third kappa shape index (κ3) is 2.32. The lowest BCUT2D eigenvalue weighted by atomic mass is 10.2. The van der Waals surface area contributed by atoms with Crippen LogP contribution in [0.15, 0.2) is 28.7 Å². The molecule has 0 spiro atoms. The molecule has 0 radical (unpaired) electrons. The highest BCUT2D eigenvalue weighted by Crippen LogP contribution is 2.22. The van der Waals surface area contributed by atoms with Crippen molar-refractivity contribution in [3.8, 4) is 0 Å². The van der Waals surface area contributed by atoms with E-state index in [1.54, 1.807) is 0 Å². The van der Waals surface area contributed by atoms with E-state index in [4.69, 9.17) is 0 Å². The summed E-state index contributed by atoms with van der Waals surface area (Å²) in [5.41, 5.74) is 1.38. The van der Waals surface area contributed by atoms with Crippen LogP contribution in [0.2, 0.25) is 0 Å². The van der Waals surface area contributed by atoms with E-state index >= 15 is 0 Å². The molecule has 13 heavy (non-hydrogen) atoms. The number of benzene rings is 1. The maximum atomic E-state index is 3.45. The molecule has 0 unspecified atom stereocenters.